The molecule has 0 amide bonds. The molecule has 0 heterocycles. The van der Waals surface area contributed by atoms with Crippen LogP contribution in [0.25, 0.3) is 0 Å². The normalized spacial score (nSPS) is 10.9. The fraction of sp³-hybridized carbons (Fsp3) is 0.0714. The second-order valence-electron chi connectivity index (χ2n) is 4.25. The number of nitrogens with zero attached hydrogens (tertiary/aromatic N) is 1. The lowest BCUT2D eigenvalue weighted by Crippen LogP contribution is -2.16. The second kappa shape index (κ2) is 6.48. The van der Waals surface area contributed by atoms with Crippen molar-refractivity contribution in [3.63, 3.8) is 0 Å². The summed E-state index contributed by atoms with van der Waals surface area (Å²) >= 11 is 9.06. The maximum Gasteiger partial charge on any atom is 0.236 e. The van der Waals surface area contributed by atoms with Gasteiger partial charge in [-0.05, 0) is 45.8 Å². The van der Waals surface area contributed by atoms with E-state index in [1.807, 2.05) is 6.07 Å². The van der Waals surface area contributed by atoms with Gasteiger partial charge < -0.3 is 0 Å². The van der Waals surface area contributed by atoms with Crippen LogP contribution in [0, 0.1) is 11.3 Å². The summed E-state index contributed by atoms with van der Waals surface area (Å²) in [7, 11) is -3.63. The van der Waals surface area contributed by atoms with Crippen molar-refractivity contribution < 1.29 is 8.42 Å². The van der Waals surface area contributed by atoms with Crippen molar-refractivity contribution in [2.75, 3.05) is 4.72 Å². The molecule has 0 bridgehead atoms. The SMILES string of the molecule is N#Cc1ccccc1CS(=O)(=O)Nc1ccc(Cl)cc1Br. The fourth-order valence-electron chi connectivity index (χ4n) is 1.74. The Hall–Kier alpha value is -1.55. The summed E-state index contributed by atoms with van der Waals surface area (Å²) in [4.78, 5) is 0. The molecule has 0 fully saturated rings. The Balaban J connectivity index is 2.25. The molecule has 0 aliphatic heterocycles. The van der Waals surface area contributed by atoms with Crippen LogP contribution in [-0.4, -0.2) is 8.42 Å². The number of nitrogens with one attached hydrogen (secondary N) is 1. The van der Waals surface area contributed by atoms with E-state index in [0.717, 1.165) is 0 Å². The first-order valence-electron chi connectivity index (χ1n) is 5.85. The van der Waals surface area contributed by atoms with Crippen molar-refractivity contribution in [2.45, 2.75) is 5.75 Å². The Morgan fingerprint density at radius 1 is 1.24 bits per heavy atom. The molecule has 1 N–H and O–H groups in total. The van der Waals surface area contributed by atoms with Gasteiger partial charge in [-0.15, -0.1) is 0 Å². The molecule has 0 saturated carbocycles. The third-order valence-electron chi connectivity index (χ3n) is 2.68. The Morgan fingerprint density at radius 2 is 1.95 bits per heavy atom. The van der Waals surface area contributed by atoms with E-state index < -0.39 is 10.0 Å². The zero-order valence-corrected chi connectivity index (χ0v) is 13.8. The quantitative estimate of drug-likeness (QED) is 0.867. The van der Waals surface area contributed by atoms with Crippen LogP contribution in [0.4, 0.5) is 5.69 Å². The van der Waals surface area contributed by atoms with Crippen LogP contribution in [0.5, 0.6) is 0 Å². The van der Waals surface area contributed by atoms with Gasteiger partial charge in [-0.1, -0.05) is 29.8 Å². The highest BCUT2D eigenvalue weighted by Gasteiger charge is 2.15. The maximum atomic E-state index is 12.2. The van der Waals surface area contributed by atoms with Crippen LogP contribution in [0.2, 0.25) is 5.02 Å². The number of sulfonamides is 1. The monoisotopic (exact) mass is 384 g/mol. The van der Waals surface area contributed by atoms with Crippen LogP contribution < -0.4 is 4.72 Å². The number of nitriles is 1. The van der Waals surface area contributed by atoms with Crippen molar-refractivity contribution in [3.05, 3.63) is 63.1 Å². The summed E-state index contributed by atoms with van der Waals surface area (Å²) in [6.45, 7) is 0. The minimum absolute atomic E-state index is 0.272. The number of hydrogen-bond acceptors (Lipinski definition) is 3. The van der Waals surface area contributed by atoms with Crippen LogP contribution in [0.3, 0.4) is 0 Å². The molecule has 2 rings (SSSR count). The van der Waals surface area contributed by atoms with Crippen molar-refractivity contribution in [1.82, 2.24) is 0 Å². The van der Waals surface area contributed by atoms with E-state index in [-0.39, 0.29) is 5.75 Å². The maximum absolute atomic E-state index is 12.2. The van der Waals surface area contributed by atoms with E-state index in [1.54, 1.807) is 42.5 Å². The lowest BCUT2D eigenvalue weighted by atomic mass is 10.1. The van der Waals surface area contributed by atoms with E-state index in [9.17, 15) is 8.42 Å². The Kier molecular flexibility index (Phi) is 4.88. The smallest absolute Gasteiger partial charge is 0.236 e. The molecule has 7 heteroatoms. The summed E-state index contributed by atoms with van der Waals surface area (Å²) in [5, 5.41) is 9.49. The van der Waals surface area contributed by atoms with E-state index in [1.165, 1.54) is 0 Å². The molecular weight excluding hydrogens is 376 g/mol. The number of rotatable bonds is 4. The highest BCUT2D eigenvalue weighted by molar-refractivity contribution is 9.10. The predicted molar refractivity (Wildman–Crippen MR) is 86.6 cm³/mol. The zero-order chi connectivity index (χ0) is 15.5. The number of hydrogen-bond donors (Lipinski definition) is 1. The highest BCUT2D eigenvalue weighted by Crippen LogP contribution is 2.27. The second-order valence-corrected chi connectivity index (χ2v) is 7.27. The van der Waals surface area contributed by atoms with Gasteiger partial charge in [0.25, 0.3) is 0 Å². The summed E-state index contributed by atoms with van der Waals surface area (Å²) in [6.07, 6.45) is 0. The van der Waals surface area contributed by atoms with Gasteiger partial charge in [0, 0.05) is 9.50 Å². The average Bonchev–Trinajstić information content (AvgIpc) is 2.42. The molecule has 21 heavy (non-hydrogen) atoms. The fourth-order valence-corrected chi connectivity index (χ4v) is 3.90. The average molecular weight is 386 g/mol. The van der Waals surface area contributed by atoms with Gasteiger partial charge in [-0.2, -0.15) is 5.26 Å². The molecule has 0 spiro atoms. The van der Waals surface area contributed by atoms with Crippen molar-refractivity contribution in [1.29, 1.82) is 5.26 Å². The van der Waals surface area contributed by atoms with Gasteiger partial charge in [0.05, 0.1) is 23.1 Å². The molecule has 2 aromatic carbocycles. The van der Waals surface area contributed by atoms with Crippen LogP contribution in [0.1, 0.15) is 11.1 Å². The minimum Gasteiger partial charge on any atom is -0.282 e. The first-order chi connectivity index (χ1) is 9.91. The topological polar surface area (TPSA) is 70.0 Å². The first kappa shape index (κ1) is 15.8. The molecule has 2 aromatic rings. The molecule has 108 valence electrons. The number of anilines is 1. The van der Waals surface area contributed by atoms with Gasteiger partial charge in [0.2, 0.25) is 10.0 Å². The van der Waals surface area contributed by atoms with Gasteiger partial charge in [-0.25, -0.2) is 8.42 Å². The van der Waals surface area contributed by atoms with E-state index in [2.05, 4.69) is 20.7 Å². The third kappa shape index (κ3) is 4.21. The molecule has 0 radical (unpaired) electrons. The number of halogens is 2. The summed E-state index contributed by atoms with van der Waals surface area (Å²) < 4.78 is 27.4. The standard InChI is InChI=1S/C14H10BrClN2O2S/c15-13-7-12(16)5-6-14(13)18-21(19,20)9-11-4-2-1-3-10(11)8-17/h1-7,18H,9H2. The molecule has 0 aliphatic carbocycles. The lowest BCUT2D eigenvalue weighted by molar-refractivity contribution is 0.600. The Morgan fingerprint density at radius 3 is 2.62 bits per heavy atom. The van der Waals surface area contributed by atoms with Gasteiger partial charge >= 0.3 is 0 Å². The Bertz CT molecular complexity index is 816. The van der Waals surface area contributed by atoms with Crippen molar-refractivity contribution in [2.24, 2.45) is 0 Å². The largest absolute Gasteiger partial charge is 0.282 e. The summed E-state index contributed by atoms with van der Waals surface area (Å²) in [6, 6.07) is 13.3. The van der Waals surface area contributed by atoms with Crippen molar-refractivity contribution >= 4 is 43.2 Å². The molecule has 0 saturated heterocycles. The van der Waals surface area contributed by atoms with Crippen molar-refractivity contribution in [3.8, 4) is 6.07 Å². The molecule has 0 aromatic heterocycles. The van der Waals surface area contributed by atoms with E-state index in [0.29, 0.717) is 26.3 Å². The third-order valence-corrected chi connectivity index (χ3v) is 4.79. The molecule has 0 unspecified atom stereocenters. The summed E-state index contributed by atoms with van der Waals surface area (Å²) in [5.41, 5.74) is 1.20. The lowest BCUT2D eigenvalue weighted by Gasteiger charge is -2.10. The Labute approximate surface area is 136 Å². The van der Waals surface area contributed by atoms with Crippen LogP contribution in [-0.2, 0) is 15.8 Å². The zero-order valence-electron chi connectivity index (χ0n) is 10.7. The van der Waals surface area contributed by atoms with Gasteiger partial charge in [0.1, 0.15) is 0 Å². The molecule has 0 atom stereocenters. The number of benzene rings is 2. The predicted octanol–water partition coefficient (Wildman–Crippen LogP) is 3.92. The molecular formula is C14H10BrClN2O2S. The van der Waals surface area contributed by atoms with Gasteiger partial charge in [-0.3, -0.25) is 4.72 Å². The van der Waals surface area contributed by atoms with Gasteiger partial charge in [0.15, 0.2) is 0 Å². The van der Waals surface area contributed by atoms with Crippen LogP contribution in [0.15, 0.2) is 46.9 Å². The van der Waals surface area contributed by atoms with Crippen LogP contribution >= 0.6 is 27.5 Å². The minimum atomic E-state index is -3.63. The van der Waals surface area contributed by atoms with E-state index in [4.69, 9.17) is 16.9 Å². The summed E-state index contributed by atoms with van der Waals surface area (Å²) in [5.74, 6) is -0.272. The molecule has 0 aliphatic rings. The first-order valence-corrected chi connectivity index (χ1v) is 8.67. The van der Waals surface area contributed by atoms with E-state index >= 15 is 0 Å². The highest BCUT2D eigenvalue weighted by atomic mass is 79.9. The molecule has 4 nitrogen and oxygen atoms in total.